The van der Waals surface area contributed by atoms with Gasteiger partial charge in [0.2, 0.25) is 5.91 Å². The van der Waals surface area contributed by atoms with E-state index in [0.29, 0.717) is 12.8 Å². The zero-order chi connectivity index (χ0) is 15.3. The molecule has 3 heteroatoms. The fourth-order valence-electron chi connectivity index (χ4n) is 2.28. The number of nitrogens with two attached hydrogens (primary N) is 1. The van der Waals surface area contributed by atoms with Gasteiger partial charge in [0.05, 0.1) is 5.54 Å². The van der Waals surface area contributed by atoms with Crippen molar-refractivity contribution in [2.24, 2.45) is 5.73 Å². The van der Waals surface area contributed by atoms with Crippen LogP contribution >= 0.6 is 0 Å². The van der Waals surface area contributed by atoms with Crippen LogP contribution in [0.5, 0.6) is 0 Å². The van der Waals surface area contributed by atoms with Gasteiger partial charge in [-0.2, -0.15) is 0 Å². The molecule has 0 spiro atoms. The zero-order valence-electron chi connectivity index (χ0n) is 12.6. The summed E-state index contributed by atoms with van der Waals surface area (Å²) in [6.45, 7) is 3.87. The molecular formula is C18H22N2O. The molecule has 1 amide bonds. The Bertz CT molecular complexity index is 604. The Morgan fingerprint density at radius 1 is 1.00 bits per heavy atom. The summed E-state index contributed by atoms with van der Waals surface area (Å²) in [5.41, 5.74) is 8.22. The van der Waals surface area contributed by atoms with Gasteiger partial charge in [-0.15, -0.1) is 0 Å². The van der Waals surface area contributed by atoms with Gasteiger partial charge < -0.3 is 11.1 Å². The van der Waals surface area contributed by atoms with Gasteiger partial charge in [-0.1, -0.05) is 62.4 Å². The van der Waals surface area contributed by atoms with Gasteiger partial charge in [0.25, 0.3) is 0 Å². The second-order valence-corrected chi connectivity index (χ2v) is 5.23. The Balaban J connectivity index is 2.32. The number of carbonyl (C=O) groups is 1. The maximum Gasteiger partial charge on any atom is 0.244 e. The van der Waals surface area contributed by atoms with Crippen LogP contribution in [0.15, 0.2) is 54.6 Å². The molecule has 2 rings (SSSR count). The summed E-state index contributed by atoms with van der Waals surface area (Å²) in [5.74, 6) is -0.129. The molecule has 3 N–H and O–H groups in total. The van der Waals surface area contributed by atoms with E-state index in [2.05, 4.69) is 5.32 Å². The van der Waals surface area contributed by atoms with E-state index in [1.807, 2.05) is 68.4 Å². The van der Waals surface area contributed by atoms with E-state index in [1.54, 1.807) is 0 Å². The fourth-order valence-corrected chi connectivity index (χ4v) is 2.28. The van der Waals surface area contributed by atoms with Crippen LogP contribution in [0.2, 0.25) is 0 Å². The summed E-state index contributed by atoms with van der Waals surface area (Å²) in [5, 5.41) is 2.99. The number of amides is 1. The minimum atomic E-state index is -0.816. The maximum atomic E-state index is 12.4. The molecule has 0 saturated carbocycles. The Labute approximate surface area is 126 Å². The first-order valence-electron chi connectivity index (χ1n) is 7.35. The van der Waals surface area contributed by atoms with Crippen LogP contribution in [0.3, 0.4) is 0 Å². The van der Waals surface area contributed by atoms with Gasteiger partial charge >= 0.3 is 0 Å². The highest BCUT2D eigenvalue weighted by Crippen LogP contribution is 2.28. The van der Waals surface area contributed by atoms with Crippen LogP contribution in [0.25, 0.3) is 11.1 Å². The predicted octanol–water partition coefficient (Wildman–Crippen LogP) is 3.81. The molecule has 0 atom stereocenters. The molecular weight excluding hydrogens is 260 g/mol. The normalized spacial score (nSPS) is 11.2. The smallest absolute Gasteiger partial charge is 0.244 e. The largest absolute Gasteiger partial charge is 0.324 e. The van der Waals surface area contributed by atoms with Gasteiger partial charge in [-0.05, 0) is 24.5 Å². The maximum absolute atomic E-state index is 12.4. The van der Waals surface area contributed by atoms with Crippen molar-refractivity contribution in [1.82, 2.24) is 0 Å². The number of nitrogens with one attached hydrogen (secondary N) is 1. The minimum Gasteiger partial charge on any atom is -0.324 e. The van der Waals surface area contributed by atoms with Crippen molar-refractivity contribution in [1.29, 1.82) is 0 Å². The summed E-state index contributed by atoms with van der Waals surface area (Å²) in [6, 6.07) is 17.8. The highest BCUT2D eigenvalue weighted by Gasteiger charge is 2.30. The molecule has 3 nitrogen and oxygen atoms in total. The van der Waals surface area contributed by atoms with E-state index in [9.17, 15) is 4.79 Å². The highest BCUT2D eigenvalue weighted by atomic mass is 16.2. The van der Waals surface area contributed by atoms with Crippen molar-refractivity contribution in [3.8, 4) is 11.1 Å². The Morgan fingerprint density at radius 2 is 1.57 bits per heavy atom. The van der Waals surface area contributed by atoms with Crippen molar-refractivity contribution in [3.63, 3.8) is 0 Å². The Hall–Kier alpha value is -2.13. The molecule has 0 heterocycles. The highest BCUT2D eigenvalue weighted by molar-refractivity contribution is 6.00. The molecule has 0 bridgehead atoms. The van der Waals surface area contributed by atoms with Crippen LogP contribution in [-0.2, 0) is 4.79 Å². The molecule has 0 saturated heterocycles. The third-order valence-corrected chi connectivity index (χ3v) is 3.97. The van der Waals surface area contributed by atoms with Gasteiger partial charge in [0.15, 0.2) is 0 Å². The number of carbonyl (C=O) groups excluding carboxylic acids is 1. The van der Waals surface area contributed by atoms with E-state index in [4.69, 9.17) is 5.73 Å². The third kappa shape index (κ3) is 3.31. The van der Waals surface area contributed by atoms with Gasteiger partial charge in [0.1, 0.15) is 0 Å². The molecule has 0 aromatic heterocycles. The van der Waals surface area contributed by atoms with Gasteiger partial charge in [-0.3, -0.25) is 4.79 Å². The van der Waals surface area contributed by atoms with Crippen molar-refractivity contribution in [2.45, 2.75) is 32.2 Å². The van der Waals surface area contributed by atoms with E-state index in [0.717, 1.165) is 16.8 Å². The number of hydrogen-bond donors (Lipinski definition) is 2. The van der Waals surface area contributed by atoms with E-state index < -0.39 is 5.54 Å². The molecule has 0 aliphatic rings. The summed E-state index contributed by atoms with van der Waals surface area (Å²) >= 11 is 0. The van der Waals surface area contributed by atoms with Crippen molar-refractivity contribution in [2.75, 3.05) is 5.32 Å². The lowest BCUT2D eigenvalue weighted by Gasteiger charge is -2.25. The molecule has 0 unspecified atom stereocenters. The van der Waals surface area contributed by atoms with Crippen LogP contribution in [0.4, 0.5) is 5.69 Å². The summed E-state index contributed by atoms with van der Waals surface area (Å²) in [7, 11) is 0. The number of anilines is 1. The summed E-state index contributed by atoms with van der Waals surface area (Å²) in [6.07, 6.45) is 1.23. The van der Waals surface area contributed by atoms with E-state index in [1.165, 1.54) is 0 Å². The number of rotatable bonds is 5. The molecule has 2 aromatic rings. The average Bonchev–Trinajstić information content (AvgIpc) is 2.55. The Kier molecular flexibility index (Phi) is 4.76. The quantitative estimate of drug-likeness (QED) is 0.876. The molecule has 2 aromatic carbocycles. The van der Waals surface area contributed by atoms with Crippen LogP contribution in [0.1, 0.15) is 26.7 Å². The van der Waals surface area contributed by atoms with Crippen molar-refractivity contribution >= 4 is 11.6 Å². The van der Waals surface area contributed by atoms with Crippen molar-refractivity contribution < 1.29 is 4.79 Å². The zero-order valence-corrected chi connectivity index (χ0v) is 12.6. The first kappa shape index (κ1) is 15.3. The minimum absolute atomic E-state index is 0.129. The molecule has 21 heavy (non-hydrogen) atoms. The number of hydrogen-bond acceptors (Lipinski definition) is 2. The third-order valence-electron chi connectivity index (χ3n) is 3.97. The lowest BCUT2D eigenvalue weighted by atomic mass is 9.92. The summed E-state index contributed by atoms with van der Waals surface area (Å²) < 4.78 is 0. The molecule has 110 valence electrons. The van der Waals surface area contributed by atoms with Crippen LogP contribution < -0.4 is 11.1 Å². The Morgan fingerprint density at radius 3 is 2.19 bits per heavy atom. The molecule has 0 aliphatic heterocycles. The number of para-hydroxylation sites is 1. The molecule has 0 radical (unpaired) electrons. The lowest BCUT2D eigenvalue weighted by Crippen LogP contribution is -2.50. The van der Waals surface area contributed by atoms with E-state index >= 15 is 0 Å². The average molecular weight is 282 g/mol. The standard InChI is InChI=1S/C18H22N2O/c1-3-18(19,4-2)17(21)20-16-13-9-8-12-15(16)14-10-6-5-7-11-14/h5-13H,3-4,19H2,1-2H3,(H,20,21). The fraction of sp³-hybridized carbons (Fsp3) is 0.278. The second-order valence-electron chi connectivity index (χ2n) is 5.23. The monoisotopic (exact) mass is 282 g/mol. The predicted molar refractivity (Wildman–Crippen MR) is 88.0 cm³/mol. The van der Waals surface area contributed by atoms with Crippen LogP contribution in [-0.4, -0.2) is 11.4 Å². The topological polar surface area (TPSA) is 55.1 Å². The van der Waals surface area contributed by atoms with E-state index in [-0.39, 0.29) is 5.91 Å². The van der Waals surface area contributed by atoms with Gasteiger partial charge in [-0.25, -0.2) is 0 Å². The molecule has 0 fully saturated rings. The van der Waals surface area contributed by atoms with Crippen molar-refractivity contribution in [3.05, 3.63) is 54.6 Å². The first-order valence-corrected chi connectivity index (χ1v) is 7.35. The SMILES string of the molecule is CCC(N)(CC)C(=O)Nc1ccccc1-c1ccccc1. The number of benzene rings is 2. The summed E-state index contributed by atoms with van der Waals surface area (Å²) in [4.78, 5) is 12.4. The first-order chi connectivity index (χ1) is 10.1. The lowest BCUT2D eigenvalue weighted by molar-refractivity contribution is -0.121. The second kappa shape index (κ2) is 6.55. The van der Waals surface area contributed by atoms with Gasteiger partial charge in [0, 0.05) is 11.3 Å². The molecule has 0 aliphatic carbocycles. The van der Waals surface area contributed by atoms with Crippen LogP contribution in [0, 0.1) is 0 Å².